The first kappa shape index (κ1) is 12.3. The van der Waals surface area contributed by atoms with Crippen molar-refractivity contribution in [1.82, 2.24) is 20.2 Å². The van der Waals surface area contributed by atoms with E-state index in [-0.39, 0.29) is 12.5 Å². The Morgan fingerprint density at radius 3 is 2.94 bits per heavy atom. The smallest absolute Gasteiger partial charge is 0.305 e. The Kier molecular flexibility index (Phi) is 3.40. The van der Waals surface area contributed by atoms with E-state index in [1.807, 2.05) is 13.0 Å². The van der Waals surface area contributed by atoms with Crippen molar-refractivity contribution >= 4 is 5.97 Å². The zero-order chi connectivity index (χ0) is 13.1. The molecule has 1 unspecified atom stereocenters. The normalized spacial score (nSPS) is 12.6. The molecule has 0 bridgehead atoms. The predicted octanol–water partition coefficient (Wildman–Crippen LogP) is 1.53. The summed E-state index contributed by atoms with van der Waals surface area (Å²) in [4.78, 5) is 10.7. The Morgan fingerprint density at radius 1 is 1.56 bits per heavy atom. The van der Waals surface area contributed by atoms with E-state index in [2.05, 4.69) is 15.5 Å². The van der Waals surface area contributed by atoms with E-state index in [4.69, 9.17) is 9.52 Å². The summed E-state index contributed by atoms with van der Waals surface area (Å²) in [6.07, 6.45) is 0.742. The molecular weight excluding hydrogens is 236 g/mol. The molecule has 2 heterocycles. The molecule has 0 saturated carbocycles. The molecule has 0 amide bonds. The predicted molar refractivity (Wildman–Crippen MR) is 61.9 cm³/mol. The fraction of sp³-hybridized carbons (Fsp3) is 0.455. The topological polar surface area (TPSA) is 94.0 Å². The minimum Gasteiger partial charge on any atom is -0.481 e. The van der Waals surface area contributed by atoms with Gasteiger partial charge in [0.2, 0.25) is 5.82 Å². The Hall–Kier alpha value is -2.18. The minimum absolute atomic E-state index is 0.0423. The van der Waals surface area contributed by atoms with Crippen LogP contribution < -0.4 is 0 Å². The lowest BCUT2D eigenvalue weighted by molar-refractivity contribution is -0.137. The number of aryl methyl sites for hydroxylation is 1. The number of rotatable bonds is 5. The maximum atomic E-state index is 10.7. The molecule has 18 heavy (non-hydrogen) atoms. The number of aliphatic carboxylic acids is 1. The van der Waals surface area contributed by atoms with E-state index in [9.17, 15) is 4.79 Å². The van der Waals surface area contributed by atoms with Crippen LogP contribution in [0.25, 0.3) is 11.6 Å². The lowest BCUT2D eigenvalue weighted by Gasteiger charge is -2.09. The van der Waals surface area contributed by atoms with Crippen molar-refractivity contribution in [3.63, 3.8) is 0 Å². The first-order valence-electron chi connectivity index (χ1n) is 5.70. The Bertz CT molecular complexity index is 546. The average Bonchev–Trinajstić information content (AvgIpc) is 2.96. The lowest BCUT2D eigenvalue weighted by atomic mass is 10.2. The fourth-order valence-electron chi connectivity index (χ4n) is 1.68. The van der Waals surface area contributed by atoms with E-state index < -0.39 is 5.97 Å². The third kappa shape index (κ3) is 2.39. The molecule has 0 spiro atoms. The summed E-state index contributed by atoms with van der Waals surface area (Å²) in [5, 5.41) is 20.0. The molecule has 2 aromatic rings. The summed E-state index contributed by atoms with van der Waals surface area (Å²) in [5.41, 5.74) is 0. The number of aromatic nitrogens is 4. The standard InChI is InChI=1S/C11H14N4O3/c1-3-8-4-5-9(18-8)11-12-13-14-15(11)7(2)6-10(16)17/h4-5,7H,3,6H2,1-2H3,(H,16,17). The quantitative estimate of drug-likeness (QED) is 0.864. The second kappa shape index (κ2) is 4.99. The van der Waals surface area contributed by atoms with E-state index in [0.29, 0.717) is 11.6 Å². The molecule has 0 fully saturated rings. The maximum absolute atomic E-state index is 10.7. The number of carboxylic acid groups (broad SMARTS) is 1. The van der Waals surface area contributed by atoms with Crippen molar-refractivity contribution in [1.29, 1.82) is 0 Å². The Labute approximate surface area is 103 Å². The van der Waals surface area contributed by atoms with Gasteiger partial charge >= 0.3 is 5.97 Å². The van der Waals surface area contributed by atoms with E-state index in [0.717, 1.165) is 12.2 Å². The monoisotopic (exact) mass is 250 g/mol. The van der Waals surface area contributed by atoms with Crippen LogP contribution in [0.4, 0.5) is 0 Å². The molecule has 0 aliphatic rings. The number of hydrogen-bond donors (Lipinski definition) is 1. The molecule has 0 aliphatic carbocycles. The van der Waals surface area contributed by atoms with Crippen LogP contribution in [-0.4, -0.2) is 31.3 Å². The van der Waals surface area contributed by atoms with Crippen LogP contribution in [0.3, 0.4) is 0 Å². The largest absolute Gasteiger partial charge is 0.481 e. The third-order valence-corrected chi connectivity index (χ3v) is 2.61. The van der Waals surface area contributed by atoms with Gasteiger partial charge in [0.15, 0.2) is 5.76 Å². The van der Waals surface area contributed by atoms with E-state index in [1.165, 1.54) is 4.68 Å². The van der Waals surface area contributed by atoms with Gasteiger partial charge in [-0.3, -0.25) is 4.79 Å². The molecule has 0 aliphatic heterocycles. The number of carboxylic acids is 1. The zero-order valence-electron chi connectivity index (χ0n) is 10.2. The van der Waals surface area contributed by atoms with Crippen LogP contribution in [0.5, 0.6) is 0 Å². The van der Waals surface area contributed by atoms with Gasteiger partial charge in [-0.25, -0.2) is 4.68 Å². The maximum Gasteiger partial charge on any atom is 0.305 e. The van der Waals surface area contributed by atoms with Gasteiger partial charge in [-0.1, -0.05) is 6.92 Å². The SMILES string of the molecule is CCc1ccc(-c2nnnn2C(C)CC(=O)O)o1. The molecule has 1 N–H and O–H groups in total. The molecule has 0 saturated heterocycles. The summed E-state index contributed by atoms with van der Waals surface area (Å²) in [5.74, 6) is 0.945. The highest BCUT2D eigenvalue weighted by Crippen LogP contribution is 2.23. The van der Waals surface area contributed by atoms with Crippen molar-refractivity contribution in [2.45, 2.75) is 32.7 Å². The summed E-state index contributed by atoms with van der Waals surface area (Å²) < 4.78 is 7.03. The first-order chi connectivity index (χ1) is 8.61. The van der Waals surface area contributed by atoms with Crippen molar-refractivity contribution in [3.05, 3.63) is 17.9 Å². The summed E-state index contributed by atoms with van der Waals surface area (Å²) in [7, 11) is 0. The van der Waals surface area contributed by atoms with Crippen LogP contribution in [-0.2, 0) is 11.2 Å². The van der Waals surface area contributed by atoms with E-state index in [1.54, 1.807) is 13.0 Å². The van der Waals surface area contributed by atoms with Crippen LogP contribution in [0.2, 0.25) is 0 Å². The van der Waals surface area contributed by atoms with Gasteiger partial charge in [0, 0.05) is 6.42 Å². The van der Waals surface area contributed by atoms with Crippen LogP contribution in [0, 0.1) is 0 Å². The van der Waals surface area contributed by atoms with Gasteiger partial charge in [-0.2, -0.15) is 0 Å². The Balaban J connectivity index is 2.29. The third-order valence-electron chi connectivity index (χ3n) is 2.61. The summed E-state index contributed by atoms with van der Waals surface area (Å²) >= 11 is 0. The highest BCUT2D eigenvalue weighted by molar-refractivity contribution is 5.67. The molecular formula is C11H14N4O3. The molecule has 7 nitrogen and oxygen atoms in total. The van der Waals surface area contributed by atoms with Crippen molar-refractivity contribution in [2.75, 3.05) is 0 Å². The number of furan rings is 1. The Morgan fingerprint density at radius 2 is 2.33 bits per heavy atom. The van der Waals surface area contributed by atoms with Crippen LogP contribution >= 0.6 is 0 Å². The number of nitrogens with zero attached hydrogens (tertiary/aromatic N) is 4. The van der Waals surface area contributed by atoms with Crippen LogP contribution in [0.15, 0.2) is 16.5 Å². The molecule has 7 heteroatoms. The van der Waals surface area contributed by atoms with Crippen molar-refractivity contribution in [3.8, 4) is 11.6 Å². The zero-order valence-corrected chi connectivity index (χ0v) is 10.2. The van der Waals surface area contributed by atoms with Gasteiger partial charge in [0.1, 0.15) is 5.76 Å². The summed E-state index contributed by atoms with van der Waals surface area (Å²) in [6.45, 7) is 3.73. The molecule has 2 aromatic heterocycles. The molecule has 1 atom stereocenters. The number of tetrazole rings is 1. The van der Waals surface area contributed by atoms with Gasteiger partial charge in [-0.05, 0) is 29.5 Å². The fourth-order valence-corrected chi connectivity index (χ4v) is 1.68. The molecule has 2 rings (SSSR count). The highest BCUT2D eigenvalue weighted by Gasteiger charge is 2.19. The van der Waals surface area contributed by atoms with Crippen LogP contribution in [0.1, 0.15) is 32.1 Å². The van der Waals surface area contributed by atoms with Gasteiger partial charge < -0.3 is 9.52 Å². The van der Waals surface area contributed by atoms with Gasteiger partial charge in [-0.15, -0.1) is 5.10 Å². The second-order valence-electron chi connectivity index (χ2n) is 4.01. The van der Waals surface area contributed by atoms with Crippen molar-refractivity contribution < 1.29 is 14.3 Å². The first-order valence-corrected chi connectivity index (χ1v) is 5.70. The lowest BCUT2D eigenvalue weighted by Crippen LogP contribution is -2.13. The minimum atomic E-state index is -0.891. The van der Waals surface area contributed by atoms with E-state index >= 15 is 0 Å². The number of carbonyl (C=O) groups is 1. The average molecular weight is 250 g/mol. The van der Waals surface area contributed by atoms with Gasteiger partial charge in [0.25, 0.3) is 0 Å². The molecule has 0 aromatic carbocycles. The highest BCUT2D eigenvalue weighted by atomic mass is 16.4. The number of hydrogen-bond acceptors (Lipinski definition) is 5. The second-order valence-corrected chi connectivity index (χ2v) is 4.01. The summed E-state index contributed by atoms with van der Waals surface area (Å²) in [6, 6.07) is 3.31. The molecule has 96 valence electrons. The van der Waals surface area contributed by atoms with Crippen molar-refractivity contribution in [2.24, 2.45) is 0 Å². The molecule has 0 radical (unpaired) electrons. The van der Waals surface area contributed by atoms with Gasteiger partial charge in [0.05, 0.1) is 12.5 Å².